The minimum Gasteiger partial charge on any atom is -0.480 e. The van der Waals surface area contributed by atoms with Crippen molar-refractivity contribution in [1.29, 1.82) is 0 Å². The van der Waals surface area contributed by atoms with Crippen molar-refractivity contribution in [3.63, 3.8) is 0 Å². The predicted octanol–water partition coefficient (Wildman–Crippen LogP) is 1.84. The average Bonchev–Trinajstić information content (AvgIpc) is 3.10. The average molecular weight is 254 g/mol. The van der Waals surface area contributed by atoms with E-state index < -0.39 is 5.97 Å². The molecular weight excluding hydrogens is 228 g/mol. The standard InChI is InChI=1S/C14H26N2O2/c1-10-4-3-5-11(2)16(10)9-8-13(14(17)18)15-12-6-7-12/h10-13,15H,3-9H2,1-2H3,(H,17,18)/t10-,11+,13?. The van der Waals surface area contributed by atoms with Crippen LogP contribution >= 0.6 is 0 Å². The molecule has 0 aromatic carbocycles. The van der Waals surface area contributed by atoms with E-state index in [4.69, 9.17) is 0 Å². The Labute approximate surface area is 110 Å². The van der Waals surface area contributed by atoms with Crippen LogP contribution in [0.2, 0.25) is 0 Å². The molecule has 4 nitrogen and oxygen atoms in total. The van der Waals surface area contributed by atoms with Gasteiger partial charge in [-0.1, -0.05) is 6.42 Å². The number of rotatable bonds is 6. The maximum absolute atomic E-state index is 11.2. The molecule has 1 unspecified atom stereocenters. The summed E-state index contributed by atoms with van der Waals surface area (Å²) in [6.07, 6.45) is 6.80. The normalized spacial score (nSPS) is 31.2. The van der Waals surface area contributed by atoms with Gasteiger partial charge in [-0.15, -0.1) is 0 Å². The first kappa shape index (κ1) is 13.8. The van der Waals surface area contributed by atoms with Crippen molar-refractivity contribution in [2.75, 3.05) is 6.54 Å². The van der Waals surface area contributed by atoms with Crippen LogP contribution in [0.25, 0.3) is 0 Å². The van der Waals surface area contributed by atoms with Gasteiger partial charge >= 0.3 is 5.97 Å². The molecule has 1 saturated carbocycles. The summed E-state index contributed by atoms with van der Waals surface area (Å²) in [5.41, 5.74) is 0. The zero-order valence-corrected chi connectivity index (χ0v) is 11.6. The van der Waals surface area contributed by atoms with Crippen LogP contribution in [0.3, 0.4) is 0 Å². The molecule has 0 bridgehead atoms. The fourth-order valence-electron chi connectivity index (χ4n) is 3.01. The lowest BCUT2D eigenvalue weighted by Crippen LogP contribution is -2.47. The largest absolute Gasteiger partial charge is 0.480 e. The number of hydrogen-bond acceptors (Lipinski definition) is 3. The van der Waals surface area contributed by atoms with Crippen molar-refractivity contribution in [1.82, 2.24) is 10.2 Å². The van der Waals surface area contributed by atoms with Gasteiger partial charge in [0.2, 0.25) is 0 Å². The Hall–Kier alpha value is -0.610. The number of carboxylic acid groups (broad SMARTS) is 1. The molecule has 18 heavy (non-hydrogen) atoms. The maximum Gasteiger partial charge on any atom is 0.320 e. The molecule has 0 amide bonds. The molecule has 3 atom stereocenters. The summed E-state index contributed by atoms with van der Waals surface area (Å²) in [6, 6.07) is 1.30. The number of likely N-dealkylation sites (tertiary alicyclic amines) is 1. The van der Waals surface area contributed by atoms with Crippen LogP contribution in [-0.4, -0.2) is 46.7 Å². The molecule has 1 saturated heterocycles. The van der Waals surface area contributed by atoms with Crippen LogP contribution in [-0.2, 0) is 4.79 Å². The molecule has 1 aliphatic carbocycles. The predicted molar refractivity (Wildman–Crippen MR) is 71.7 cm³/mol. The topological polar surface area (TPSA) is 52.6 Å². The van der Waals surface area contributed by atoms with Gasteiger partial charge in [-0.3, -0.25) is 9.69 Å². The van der Waals surface area contributed by atoms with E-state index in [0.29, 0.717) is 18.1 Å². The van der Waals surface area contributed by atoms with Crippen LogP contribution in [0.1, 0.15) is 52.4 Å². The second-order valence-corrected chi connectivity index (χ2v) is 5.99. The van der Waals surface area contributed by atoms with E-state index in [-0.39, 0.29) is 6.04 Å². The van der Waals surface area contributed by atoms with Gasteiger partial charge in [-0.25, -0.2) is 0 Å². The first-order valence-electron chi connectivity index (χ1n) is 7.32. The minimum absolute atomic E-state index is 0.362. The fourth-order valence-corrected chi connectivity index (χ4v) is 3.01. The number of nitrogens with zero attached hydrogens (tertiary/aromatic N) is 1. The Morgan fingerprint density at radius 1 is 1.28 bits per heavy atom. The van der Waals surface area contributed by atoms with Gasteiger partial charge < -0.3 is 10.4 Å². The van der Waals surface area contributed by atoms with Gasteiger partial charge in [0.05, 0.1) is 0 Å². The zero-order chi connectivity index (χ0) is 13.1. The minimum atomic E-state index is -0.695. The molecule has 2 aliphatic rings. The highest BCUT2D eigenvalue weighted by atomic mass is 16.4. The van der Waals surface area contributed by atoms with E-state index in [9.17, 15) is 9.90 Å². The summed E-state index contributed by atoms with van der Waals surface area (Å²) in [6.45, 7) is 5.43. The van der Waals surface area contributed by atoms with Gasteiger partial charge in [-0.05, 0) is 46.0 Å². The Kier molecular flexibility index (Phi) is 4.62. The highest BCUT2D eigenvalue weighted by molar-refractivity contribution is 5.73. The third-order valence-electron chi connectivity index (χ3n) is 4.36. The third-order valence-corrected chi connectivity index (χ3v) is 4.36. The van der Waals surface area contributed by atoms with Crippen LogP contribution < -0.4 is 5.32 Å². The molecule has 2 N–H and O–H groups in total. The van der Waals surface area contributed by atoms with E-state index in [2.05, 4.69) is 24.1 Å². The van der Waals surface area contributed by atoms with Crippen molar-refractivity contribution in [3.05, 3.63) is 0 Å². The molecule has 104 valence electrons. The summed E-state index contributed by atoms with van der Waals surface area (Å²) >= 11 is 0. The number of hydrogen-bond donors (Lipinski definition) is 2. The molecule has 2 rings (SSSR count). The molecule has 0 spiro atoms. The third kappa shape index (κ3) is 3.69. The Morgan fingerprint density at radius 2 is 1.89 bits per heavy atom. The van der Waals surface area contributed by atoms with Gasteiger partial charge in [0.25, 0.3) is 0 Å². The Bertz CT molecular complexity index is 282. The van der Waals surface area contributed by atoms with E-state index in [0.717, 1.165) is 25.8 Å². The molecule has 0 aromatic rings. The number of nitrogens with one attached hydrogen (secondary N) is 1. The second kappa shape index (κ2) is 6.02. The SMILES string of the molecule is C[C@@H]1CCC[C@H](C)N1CCC(NC1CC1)C(=O)O. The summed E-state index contributed by atoms with van der Waals surface area (Å²) in [5.74, 6) is -0.695. The molecule has 0 aromatic heterocycles. The lowest BCUT2D eigenvalue weighted by Gasteiger charge is -2.39. The Morgan fingerprint density at radius 3 is 2.39 bits per heavy atom. The van der Waals surface area contributed by atoms with Gasteiger partial charge in [0.1, 0.15) is 6.04 Å². The van der Waals surface area contributed by atoms with E-state index in [1.807, 2.05) is 0 Å². The summed E-state index contributed by atoms with van der Waals surface area (Å²) in [5, 5.41) is 12.5. The van der Waals surface area contributed by atoms with Gasteiger partial charge in [0, 0.05) is 24.7 Å². The monoisotopic (exact) mass is 254 g/mol. The smallest absolute Gasteiger partial charge is 0.320 e. The lowest BCUT2D eigenvalue weighted by atomic mass is 9.97. The molecule has 4 heteroatoms. The number of carbonyl (C=O) groups is 1. The van der Waals surface area contributed by atoms with Gasteiger partial charge in [-0.2, -0.15) is 0 Å². The first-order chi connectivity index (χ1) is 8.58. The molecule has 1 heterocycles. The van der Waals surface area contributed by atoms with Crippen LogP contribution in [0, 0.1) is 0 Å². The van der Waals surface area contributed by atoms with Crippen molar-refractivity contribution >= 4 is 5.97 Å². The lowest BCUT2D eigenvalue weighted by molar-refractivity contribution is -0.139. The quantitative estimate of drug-likeness (QED) is 0.759. The molecular formula is C14H26N2O2. The van der Waals surface area contributed by atoms with E-state index in [1.165, 1.54) is 19.3 Å². The maximum atomic E-state index is 11.2. The summed E-state index contributed by atoms with van der Waals surface area (Å²) in [7, 11) is 0. The molecule has 1 aliphatic heterocycles. The Balaban J connectivity index is 1.81. The van der Waals surface area contributed by atoms with Crippen LogP contribution in [0.5, 0.6) is 0 Å². The fraction of sp³-hybridized carbons (Fsp3) is 0.929. The highest BCUT2D eigenvalue weighted by Crippen LogP contribution is 2.24. The van der Waals surface area contributed by atoms with Crippen molar-refractivity contribution in [3.8, 4) is 0 Å². The van der Waals surface area contributed by atoms with Gasteiger partial charge in [0.15, 0.2) is 0 Å². The number of carboxylic acids is 1. The van der Waals surface area contributed by atoms with Crippen molar-refractivity contribution < 1.29 is 9.90 Å². The zero-order valence-electron chi connectivity index (χ0n) is 11.6. The second-order valence-electron chi connectivity index (χ2n) is 5.99. The summed E-state index contributed by atoms with van der Waals surface area (Å²) < 4.78 is 0. The summed E-state index contributed by atoms with van der Waals surface area (Å²) in [4.78, 5) is 13.7. The van der Waals surface area contributed by atoms with Crippen LogP contribution in [0.4, 0.5) is 0 Å². The molecule has 2 fully saturated rings. The highest BCUT2D eigenvalue weighted by Gasteiger charge is 2.30. The first-order valence-corrected chi connectivity index (χ1v) is 7.32. The number of piperidine rings is 1. The number of aliphatic carboxylic acids is 1. The van der Waals surface area contributed by atoms with Crippen molar-refractivity contribution in [2.45, 2.75) is 76.5 Å². The van der Waals surface area contributed by atoms with Crippen LogP contribution in [0.15, 0.2) is 0 Å². The van der Waals surface area contributed by atoms with E-state index in [1.54, 1.807) is 0 Å². The molecule has 0 radical (unpaired) electrons. The van der Waals surface area contributed by atoms with E-state index >= 15 is 0 Å². The van der Waals surface area contributed by atoms with Crippen molar-refractivity contribution in [2.24, 2.45) is 0 Å².